The molecule has 0 aromatic heterocycles. The Bertz CT molecular complexity index is 632. The van der Waals surface area contributed by atoms with Crippen LogP contribution in [0.4, 0.5) is 0 Å². The molecule has 0 bridgehead atoms. The average Bonchev–Trinajstić information content (AvgIpc) is 3.03. The molecular weight excluding hydrogens is 370 g/mol. The van der Waals surface area contributed by atoms with E-state index < -0.39 is 0 Å². The summed E-state index contributed by atoms with van der Waals surface area (Å²) in [4.78, 5) is 12.3. The van der Waals surface area contributed by atoms with Gasteiger partial charge in [0.2, 0.25) is 6.04 Å². The van der Waals surface area contributed by atoms with E-state index in [9.17, 15) is 10.1 Å². The van der Waals surface area contributed by atoms with Gasteiger partial charge in [-0.25, -0.2) is 0 Å². The third kappa shape index (κ3) is 3.64. The Morgan fingerprint density at radius 3 is 2.33 bits per heavy atom. The van der Waals surface area contributed by atoms with E-state index in [-0.39, 0.29) is 16.4 Å². The van der Waals surface area contributed by atoms with E-state index in [1.165, 1.54) is 64.2 Å². The standard InChI is InChI=1S/C27H47NO2/c1-18(2)9-8-10-19(3)21-12-13-22-20-17-25(28(29)30)24-11-6-7-15-26(24,4)23(20)14-16-27(21,22)5/h18-25H,6-17H2,1-5H3/t19-,20?,21?,22?,23?,24-,25+,26?,27?/m1/s1. The van der Waals surface area contributed by atoms with Crippen LogP contribution in [-0.2, 0) is 0 Å². The number of nitro groups is 1. The summed E-state index contributed by atoms with van der Waals surface area (Å²) in [5, 5.41) is 12.1. The maximum Gasteiger partial charge on any atom is 0.216 e. The summed E-state index contributed by atoms with van der Waals surface area (Å²) in [5.41, 5.74) is 0.651. The molecule has 0 aromatic carbocycles. The van der Waals surface area contributed by atoms with E-state index in [4.69, 9.17) is 0 Å². The largest absolute Gasteiger partial charge is 0.264 e. The molecule has 0 radical (unpaired) electrons. The number of nitrogens with zero attached hydrogens (tertiary/aromatic N) is 1. The second-order valence-electron chi connectivity index (χ2n) is 12.9. The van der Waals surface area contributed by atoms with Crippen molar-refractivity contribution in [2.75, 3.05) is 0 Å². The molecule has 4 saturated carbocycles. The van der Waals surface area contributed by atoms with Crippen LogP contribution in [0.3, 0.4) is 0 Å². The van der Waals surface area contributed by atoms with Gasteiger partial charge in [-0.2, -0.15) is 0 Å². The second-order valence-corrected chi connectivity index (χ2v) is 12.9. The van der Waals surface area contributed by atoms with Crippen molar-refractivity contribution >= 4 is 0 Å². The van der Waals surface area contributed by atoms with Crippen molar-refractivity contribution in [3.05, 3.63) is 10.1 Å². The van der Waals surface area contributed by atoms with Crippen molar-refractivity contribution < 1.29 is 4.92 Å². The summed E-state index contributed by atoms with van der Waals surface area (Å²) in [6, 6.07) is -0.276. The van der Waals surface area contributed by atoms with E-state index in [2.05, 4.69) is 34.6 Å². The zero-order valence-corrected chi connectivity index (χ0v) is 20.4. The molecule has 0 amide bonds. The van der Waals surface area contributed by atoms with E-state index in [0.717, 1.165) is 42.4 Å². The predicted molar refractivity (Wildman–Crippen MR) is 124 cm³/mol. The molecule has 0 heterocycles. The van der Waals surface area contributed by atoms with E-state index in [1.54, 1.807) is 0 Å². The SMILES string of the molecule is CC(C)CCC[C@@H](C)C1CCC2C3C[C@H]([N+](=O)[O-])[C@H]4CCCCC4(C)C3CCC21C. The van der Waals surface area contributed by atoms with Crippen LogP contribution in [-0.4, -0.2) is 11.0 Å². The smallest absolute Gasteiger partial charge is 0.216 e. The third-order valence-corrected chi connectivity index (χ3v) is 11.1. The van der Waals surface area contributed by atoms with Crippen molar-refractivity contribution in [2.45, 2.75) is 118 Å². The molecule has 0 aromatic rings. The summed E-state index contributed by atoms with van der Waals surface area (Å²) < 4.78 is 0. The van der Waals surface area contributed by atoms with Gasteiger partial charge in [0.1, 0.15) is 0 Å². The minimum Gasteiger partial charge on any atom is -0.264 e. The fraction of sp³-hybridized carbons (Fsp3) is 1.00. The minimum atomic E-state index is -0.276. The molecule has 4 rings (SSSR count). The molecule has 0 spiro atoms. The molecule has 4 fully saturated rings. The Balaban J connectivity index is 1.54. The van der Waals surface area contributed by atoms with Gasteiger partial charge in [-0.3, -0.25) is 10.1 Å². The molecule has 172 valence electrons. The van der Waals surface area contributed by atoms with Crippen LogP contribution in [0, 0.1) is 62.4 Å². The van der Waals surface area contributed by atoms with Crippen molar-refractivity contribution in [3.8, 4) is 0 Å². The van der Waals surface area contributed by atoms with Crippen LogP contribution >= 0.6 is 0 Å². The Hall–Kier alpha value is -0.600. The van der Waals surface area contributed by atoms with Gasteiger partial charge >= 0.3 is 0 Å². The van der Waals surface area contributed by atoms with E-state index in [1.807, 2.05) is 0 Å². The number of fused-ring (bicyclic) bond motifs is 5. The van der Waals surface area contributed by atoms with Crippen LogP contribution in [0.2, 0.25) is 0 Å². The molecule has 4 aliphatic rings. The monoisotopic (exact) mass is 417 g/mol. The Morgan fingerprint density at radius 2 is 1.63 bits per heavy atom. The average molecular weight is 418 g/mol. The second kappa shape index (κ2) is 8.39. The van der Waals surface area contributed by atoms with Crippen molar-refractivity contribution in [1.82, 2.24) is 0 Å². The molecule has 3 nitrogen and oxygen atoms in total. The summed E-state index contributed by atoms with van der Waals surface area (Å²) in [5.74, 6) is 4.86. The highest BCUT2D eigenvalue weighted by molar-refractivity contribution is 5.11. The molecule has 3 heteroatoms. The van der Waals surface area contributed by atoms with Gasteiger partial charge in [-0.05, 0) is 84.9 Å². The molecular formula is C27H47NO2. The quantitative estimate of drug-likeness (QED) is 0.327. The minimum absolute atomic E-state index is 0.136. The first-order valence-corrected chi connectivity index (χ1v) is 13.3. The lowest BCUT2D eigenvalue weighted by atomic mass is 9.43. The number of hydrogen-bond donors (Lipinski definition) is 0. The van der Waals surface area contributed by atoms with Crippen LogP contribution in [0.15, 0.2) is 0 Å². The van der Waals surface area contributed by atoms with Gasteiger partial charge in [0.15, 0.2) is 0 Å². The third-order valence-electron chi connectivity index (χ3n) is 11.1. The lowest BCUT2D eigenvalue weighted by Crippen LogP contribution is -2.58. The summed E-state index contributed by atoms with van der Waals surface area (Å²) >= 11 is 0. The van der Waals surface area contributed by atoms with Gasteiger partial charge < -0.3 is 0 Å². The van der Waals surface area contributed by atoms with Gasteiger partial charge in [0, 0.05) is 17.3 Å². The maximum absolute atomic E-state index is 12.1. The van der Waals surface area contributed by atoms with Gasteiger partial charge in [0.25, 0.3) is 0 Å². The van der Waals surface area contributed by atoms with Gasteiger partial charge in [-0.15, -0.1) is 0 Å². The van der Waals surface area contributed by atoms with E-state index >= 15 is 0 Å². The first-order chi connectivity index (χ1) is 14.2. The molecule has 0 N–H and O–H groups in total. The normalized spacial score (nSPS) is 46.7. The summed E-state index contributed by atoms with van der Waals surface area (Å²) in [7, 11) is 0. The number of hydrogen-bond acceptors (Lipinski definition) is 2. The van der Waals surface area contributed by atoms with E-state index in [0.29, 0.717) is 17.3 Å². The molecule has 30 heavy (non-hydrogen) atoms. The number of rotatable bonds is 6. The summed E-state index contributed by atoms with van der Waals surface area (Å²) in [6.45, 7) is 12.3. The van der Waals surface area contributed by atoms with Gasteiger partial charge in [0.05, 0.1) is 0 Å². The van der Waals surface area contributed by atoms with Crippen LogP contribution in [0.25, 0.3) is 0 Å². The highest BCUT2D eigenvalue weighted by Crippen LogP contribution is 2.68. The summed E-state index contributed by atoms with van der Waals surface area (Å²) in [6.07, 6.45) is 15.2. The fourth-order valence-corrected chi connectivity index (χ4v) is 9.61. The molecule has 0 saturated heterocycles. The molecule has 4 aliphatic carbocycles. The first-order valence-electron chi connectivity index (χ1n) is 13.3. The lowest BCUT2D eigenvalue weighted by molar-refractivity contribution is -0.547. The predicted octanol–water partition coefficient (Wildman–Crippen LogP) is 7.75. The maximum atomic E-state index is 12.1. The van der Waals surface area contributed by atoms with Crippen LogP contribution in [0.5, 0.6) is 0 Å². The van der Waals surface area contributed by atoms with Gasteiger partial charge in [-0.1, -0.05) is 66.7 Å². The Kier molecular flexibility index (Phi) is 6.32. The lowest BCUT2D eigenvalue weighted by Gasteiger charge is -2.60. The zero-order chi connectivity index (χ0) is 21.7. The zero-order valence-electron chi connectivity index (χ0n) is 20.4. The molecule has 6 unspecified atom stereocenters. The molecule has 0 aliphatic heterocycles. The first kappa shape index (κ1) is 22.6. The van der Waals surface area contributed by atoms with Crippen molar-refractivity contribution in [1.29, 1.82) is 0 Å². The topological polar surface area (TPSA) is 43.1 Å². The molecule has 9 atom stereocenters. The Morgan fingerprint density at radius 1 is 0.900 bits per heavy atom. The van der Waals surface area contributed by atoms with Crippen molar-refractivity contribution in [3.63, 3.8) is 0 Å². The van der Waals surface area contributed by atoms with Crippen LogP contribution < -0.4 is 0 Å². The Labute approximate surface area is 185 Å². The van der Waals surface area contributed by atoms with Crippen LogP contribution in [0.1, 0.15) is 112 Å². The highest BCUT2D eigenvalue weighted by atomic mass is 16.6. The fourth-order valence-electron chi connectivity index (χ4n) is 9.61. The van der Waals surface area contributed by atoms with Crippen molar-refractivity contribution in [2.24, 2.45) is 52.3 Å². The highest BCUT2D eigenvalue weighted by Gasteiger charge is 2.64.